The lowest BCUT2D eigenvalue weighted by atomic mass is 9.73. The van der Waals surface area contributed by atoms with E-state index in [2.05, 4.69) is 12.2 Å². The zero-order valence-corrected chi connectivity index (χ0v) is 15.3. The number of aryl methyl sites for hydroxylation is 1. The summed E-state index contributed by atoms with van der Waals surface area (Å²) in [5, 5.41) is 3.05. The quantitative estimate of drug-likeness (QED) is 0.914. The predicted molar refractivity (Wildman–Crippen MR) is 102 cm³/mol. The zero-order valence-electron chi connectivity index (χ0n) is 15.3. The summed E-state index contributed by atoms with van der Waals surface area (Å²) in [4.78, 5) is 28.3. The van der Waals surface area contributed by atoms with Crippen LogP contribution in [0.15, 0.2) is 48.5 Å². The molecule has 26 heavy (non-hydrogen) atoms. The molecule has 2 heterocycles. The van der Waals surface area contributed by atoms with E-state index < -0.39 is 5.41 Å². The maximum Gasteiger partial charge on any atom is 0.254 e. The van der Waals surface area contributed by atoms with E-state index in [1.807, 2.05) is 60.4 Å². The Morgan fingerprint density at radius 2 is 1.92 bits per heavy atom. The number of amides is 2. The van der Waals surface area contributed by atoms with E-state index in [9.17, 15) is 9.59 Å². The molecule has 4 nitrogen and oxygen atoms in total. The summed E-state index contributed by atoms with van der Waals surface area (Å²) >= 11 is 0. The fourth-order valence-corrected chi connectivity index (χ4v) is 4.69. The van der Waals surface area contributed by atoms with Crippen molar-refractivity contribution in [1.29, 1.82) is 0 Å². The summed E-state index contributed by atoms with van der Waals surface area (Å²) in [6.45, 7) is 4.69. The van der Waals surface area contributed by atoms with Crippen LogP contribution in [0.25, 0.3) is 0 Å². The van der Waals surface area contributed by atoms with Crippen molar-refractivity contribution in [2.45, 2.75) is 44.6 Å². The molecule has 0 aliphatic carbocycles. The Labute approximate surface area is 154 Å². The lowest BCUT2D eigenvalue weighted by molar-refractivity contribution is -0.121. The highest BCUT2D eigenvalue weighted by Gasteiger charge is 2.58. The molecule has 0 saturated carbocycles. The Morgan fingerprint density at radius 3 is 2.69 bits per heavy atom. The molecule has 0 bridgehead atoms. The minimum absolute atomic E-state index is 0.0376. The lowest BCUT2D eigenvalue weighted by Crippen LogP contribution is -2.48. The third-order valence-electron chi connectivity index (χ3n) is 5.95. The second-order valence-electron chi connectivity index (χ2n) is 7.34. The number of nitrogens with zero attached hydrogens (tertiary/aromatic N) is 1. The highest BCUT2D eigenvalue weighted by Crippen LogP contribution is 2.49. The van der Waals surface area contributed by atoms with Gasteiger partial charge in [-0.05, 0) is 43.0 Å². The first-order valence-corrected chi connectivity index (χ1v) is 9.37. The molecule has 2 atom stereocenters. The van der Waals surface area contributed by atoms with Gasteiger partial charge in [-0.3, -0.25) is 9.59 Å². The highest BCUT2D eigenvalue weighted by molar-refractivity contribution is 6.08. The van der Waals surface area contributed by atoms with E-state index in [-0.39, 0.29) is 17.9 Å². The Kier molecular flexibility index (Phi) is 4.06. The molecule has 1 saturated heterocycles. The molecule has 1 spiro atoms. The molecule has 1 N–H and O–H groups in total. The average Bonchev–Trinajstić information content (AvgIpc) is 3.15. The number of anilines is 1. The molecule has 0 aromatic heterocycles. The van der Waals surface area contributed by atoms with Gasteiger partial charge in [0.05, 0.1) is 11.5 Å². The van der Waals surface area contributed by atoms with Gasteiger partial charge in [-0.25, -0.2) is 0 Å². The molecule has 4 rings (SSSR count). The van der Waals surface area contributed by atoms with Crippen molar-refractivity contribution in [3.05, 3.63) is 65.2 Å². The molecule has 0 unspecified atom stereocenters. The van der Waals surface area contributed by atoms with Gasteiger partial charge in [-0.2, -0.15) is 0 Å². The second kappa shape index (κ2) is 6.27. The number of likely N-dealkylation sites (tertiary alicyclic amines) is 1. The van der Waals surface area contributed by atoms with Gasteiger partial charge in [0, 0.05) is 17.8 Å². The van der Waals surface area contributed by atoms with Crippen LogP contribution in [-0.2, 0) is 10.2 Å². The van der Waals surface area contributed by atoms with Gasteiger partial charge in [-0.1, -0.05) is 49.7 Å². The number of carbonyl (C=O) groups excluding carboxylic acids is 2. The number of nitrogens with one attached hydrogen (secondary N) is 1. The third kappa shape index (κ3) is 2.28. The van der Waals surface area contributed by atoms with E-state index in [0.29, 0.717) is 13.0 Å². The third-order valence-corrected chi connectivity index (χ3v) is 5.95. The van der Waals surface area contributed by atoms with E-state index in [1.165, 1.54) is 0 Å². The van der Waals surface area contributed by atoms with Crippen molar-refractivity contribution < 1.29 is 9.59 Å². The van der Waals surface area contributed by atoms with Crippen LogP contribution in [0.4, 0.5) is 5.69 Å². The summed E-state index contributed by atoms with van der Waals surface area (Å²) in [5.74, 6) is 0.0767. The number of fused-ring (bicyclic) bond motifs is 2. The van der Waals surface area contributed by atoms with Crippen molar-refractivity contribution in [3.8, 4) is 0 Å². The minimum atomic E-state index is -0.620. The van der Waals surface area contributed by atoms with Crippen LogP contribution < -0.4 is 5.32 Å². The van der Waals surface area contributed by atoms with Gasteiger partial charge < -0.3 is 10.2 Å². The monoisotopic (exact) mass is 348 g/mol. The fourth-order valence-electron chi connectivity index (χ4n) is 4.69. The molecule has 0 radical (unpaired) electrons. The van der Waals surface area contributed by atoms with Gasteiger partial charge in [0.2, 0.25) is 5.91 Å². The number of rotatable bonds is 3. The van der Waals surface area contributed by atoms with E-state index >= 15 is 0 Å². The van der Waals surface area contributed by atoms with Crippen LogP contribution >= 0.6 is 0 Å². The van der Waals surface area contributed by atoms with Crippen molar-refractivity contribution >= 4 is 17.5 Å². The first-order chi connectivity index (χ1) is 12.6. The number of para-hydroxylation sites is 1. The van der Waals surface area contributed by atoms with Gasteiger partial charge in [0.25, 0.3) is 5.91 Å². The van der Waals surface area contributed by atoms with Crippen LogP contribution in [0, 0.1) is 6.92 Å². The van der Waals surface area contributed by atoms with E-state index in [0.717, 1.165) is 35.2 Å². The second-order valence-corrected chi connectivity index (χ2v) is 7.34. The normalized spacial score (nSPS) is 24.0. The Bertz CT molecular complexity index is 876. The standard InChI is InChI=1S/C22H24N2O2/c1-3-8-19-22(17-11-6-7-12-18(17)23-21(22)26)13-14-24(19)20(25)16-10-5-4-9-15(16)2/h4-7,9-12,19H,3,8,13-14H2,1-2H3,(H,23,26)/t19-,22-/m0/s1. The molecule has 2 aromatic carbocycles. The Hall–Kier alpha value is -2.62. The maximum absolute atomic E-state index is 13.3. The molecule has 2 amide bonds. The first kappa shape index (κ1) is 16.8. The highest BCUT2D eigenvalue weighted by atomic mass is 16.2. The van der Waals surface area contributed by atoms with E-state index in [4.69, 9.17) is 0 Å². The SMILES string of the molecule is CCC[C@@H]1N(C(=O)c2ccccc2C)CC[C@@]12C(=O)Nc1ccccc12. The predicted octanol–water partition coefficient (Wildman–Crippen LogP) is 3.90. The number of benzene rings is 2. The Balaban J connectivity index is 1.77. The van der Waals surface area contributed by atoms with Gasteiger partial charge in [0.1, 0.15) is 0 Å². The van der Waals surface area contributed by atoms with Crippen molar-refractivity contribution in [2.24, 2.45) is 0 Å². The summed E-state index contributed by atoms with van der Waals surface area (Å²) in [6.07, 6.45) is 2.43. The number of hydrogen-bond donors (Lipinski definition) is 1. The molecule has 4 heteroatoms. The number of hydrogen-bond acceptors (Lipinski definition) is 2. The molecule has 2 aliphatic heterocycles. The Morgan fingerprint density at radius 1 is 1.19 bits per heavy atom. The van der Waals surface area contributed by atoms with Crippen molar-refractivity contribution in [1.82, 2.24) is 4.90 Å². The van der Waals surface area contributed by atoms with Crippen molar-refractivity contribution in [3.63, 3.8) is 0 Å². The van der Waals surface area contributed by atoms with Crippen molar-refractivity contribution in [2.75, 3.05) is 11.9 Å². The summed E-state index contributed by atoms with van der Waals surface area (Å²) in [5.41, 5.74) is 3.03. The topological polar surface area (TPSA) is 49.4 Å². The van der Waals surface area contributed by atoms with Gasteiger partial charge >= 0.3 is 0 Å². The van der Waals surface area contributed by atoms with Crippen LogP contribution in [0.3, 0.4) is 0 Å². The fraction of sp³-hybridized carbons (Fsp3) is 0.364. The van der Waals surface area contributed by atoms with Crippen LogP contribution in [0.2, 0.25) is 0 Å². The van der Waals surface area contributed by atoms with Gasteiger partial charge in [-0.15, -0.1) is 0 Å². The van der Waals surface area contributed by atoms with Crippen LogP contribution in [0.1, 0.15) is 47.7 Å². The summed E-state index contributed by atoms with van der Waals surface area (Å²) in [6, 6.07) is 15.5. The van der Waals surface area contributed by atoms with Crippen LogP contribution in [-0.4, -0.2) is 29.3 Å². The maximum atomic E-state index is 13.3. The number of carbonyl (C=O) groups is 2. The summed E-state index contributed by atoms with van der Waals surface area (Å²) < 4.78 is 0. The van der Waals surface area contributed by atoms with Gasteiger partial charge in [0.15, 0.2) is 0 Å². The molecular weight excluding hydrogens is 324 g/mol. The molecular formula is C22H24N2O2. The summed E-state index contributed by atoms with van der Waals surface area (Å²) in [7, 11) is 0. The molecule has 1 fully saturated rings. The average molecular weight is 348 g/mol. The minimum Gasteiger partial charge on any atom is -0.334 e. The molecule has 2 aromatic rings. The zero-order chi connectivity index (χ0) is 18.3. The first-order valence-electron chi connectivity index (χ1n) is 9.37. The largest absolute Gasteiger partial charge is 0.334 e. The lowest BCUT2D eigenvalue weighted by Gasteiger charge is -2.34. The van der Waals surface area contributed by atoms with E-state index in [1.54, 1.807) is 0 Å². The molecule has 2 aliphatic rings. The van der Waals surface area contributed by atoms with Crippen LogP contribution in [0.5, 0.6) is 0 Å². The molecule has 134 valence electrons. The smallest absolute Gasteiger partial charge is 0.254 e.